The quantitative estimate of drug-likeness (QED) is 0.0898. The molecule has 2 atom stereocenters. The molecule has 2 amide bonds. The molecule has 1 unspecified atom stereocenters. The fourth-order valence-corrected chi connectivity index (χ4v) is 6.37. The van der Waals surface area contributed by atoms with Crippen LogP contribution in [0.1, 0.15) is 5.69 Å². The highest BCUT2D eigenvalue weighted by molar-refractivity contribution is 8.00. The van der Waals surface area contributed by atoms with Crippen LogP contribution in [-0.2, 0) is 30.3 Å². The number of carboxylic acid groups (broad SMARTS) is 1. The first-order valence-electron chi connectivity index (χ1n) is 10.1. The van der Waals surface area contributed by atoms with Gasteiger partial charge in [-0.05, 0) is 0 Å². The van der Waals surface area contributed by atoms with Gasteiger partial charge in [-0.25, -0.2) is 18.9 Å². The smallest absolute Gasteiger partial charge is 0.429 e. The minimum absolute atomic E-state index is 0.0384. The number of nitrogens with zero attached hydrogens (tertiary/aromatic N) is 4. The number of nitrogens with one attached hydrogen (secondary N) is 2. The number of rotatable bonds is 9. The van der Waals surface area contributed by atoms with Gasteiger partial charge in [0.25, 0.3) is 11.8 Å². The summed E-state index contributed by atoms with van der Waals surface area (Å²) in [4.78, 5) is 65.8. The van der Waals surface area contributed by atoms with Crippen molar-refractivity contribution in [2.24, 2.45) is 5.16 Å². The molecule has 2 aromatic heterocycles. The molecule has 17 heteroatoms. The van der Waals surface area contributed by atoms with E-state index >= 15 is 0 Å². The highest BCUT2D eigenvalue weighted by atomic mass is 32.2. The van der Waals surface area contributed by atoms with Crippen LogP contribution in [0.3, 0.4) is 0 Å². The zero-order valence-corrected chi connectivity index (χ0v) is 21.0. The van der Waals surface area contributed by atoms with Gasteiger partial charge in [0, 0.05) is 28.8 Å². The van der Waals surface area contributed by atoms with Crippen molar-refractivity contribution in [3.8, 4) is 0 Å². The molecule has 0 bridgehead atoms. The van der Waals surface area contributed by atoms with Gasteiger partial charge in [-0.15, -0.1) is 23.1 Å². The Kier molecular flexibility index (Phi) is 7.42. The molecule has 4 rings (SSSR count). The summed E-state index contributed by atoms with van der Waals surface area (Å²) in [6.45, 7) is 0.294. The molecule has 190 valence electrons. The molecule has 2 aliphatic heterocycles. The average Bonchev–Trinajstić information content (AvgIpc) is 3.27. The molecule has 2 aromatic rings. The lowest BCUT2D eigenvalue weighted by molar-refractivity contribution is -0.689. The third-order valence-corrected chi connectivity index (χ3v) is 7.82. The molecule has 0 aliphatic carbocycles. The summed E-state index contributed by atoms with van der Waals surface area (Å²) < 4.78 is 12.9. The van der Waals surface area contributed by atoms with E-state index in [1.54, 1.807) is 17.0 Å². The average molecular weight is 556 g/mol. The number of pyridine rings is 1. The second kappa shape index (κ2) is 10.4. The molecule has 4 heterocycles. The number of hydrogen-bond acceptors (Lipinski definition) is 9. The van der Waals surface area contributed by atoms with Crippen LogP contribution >= 0.6 is 30.8 Å². The Morgan fingerprint density at radius 3 is 2.69 bits per heavy atom. The van der Waals surface area contributed by atoms with Crippen LogP contribution in [0.15, 0.2) is 52.4 Å². The Balaban J connectivity index is 1.51. The van der Waals surface area contributed by atoms with Crippen molar-refractivity contribution >= 4 is 59.5 Å². The van der Waals surface area contributed by atoms with Crippen LogP contribution in [0, 0.1) is 0 Å². The monoisotopic (exact) mass is 555 g/mol. The molecule has 14 nitrogen and oxygen atoms in total. The highest BCUT2D eigenvalue weighted by Gasteiger charge is 2.54. The van der Waals surface area contributed by atoms with Gasteiger partial charge < -0.3 is 25.0 Å². The molecule has 0 radical (unpaired) electrons. The second-order valence-corrected chi connectivity index (χ2v) is 10.8. The number of β-lactam (4-membered cyclic amide) rings is 1. The van der Waals surface area contributed by atoms with Gasteiger partial charge in [-0.3, -0.25) is 19.6 Å². The van der Waals surface area contributed by atoms with Crippen molar-refractivity contribution in [2.45, 2.75) is 18.0 Å². The van der Waals surface area contributed by atoms with Crippen molar-refractivity contribution < 1.29 is 43.2 Å². The van der Waals surface area contributed by atoms with E-state index in [9.17, 15) is 24.1 Å². The van der Waals surface area contributed by atoms with E-state index in [2.05, 4.69) is 15.5 Å². The van der Waals surface area contributed by atoms with Crippen molar-refractivity contribution in [2.75, 3.05) is 17.9 Å². The first-order valence-corrected chi connectivity index (χ1v) is 13.7. The van der Waals surface area contributed by atoms with E-state index in [1.165, 1.54) is 24.3 Å². The minimum Gasteiger partial charge on any atom is -0.477 e. The van der Waals surface area contributed by atoms with Crippen LogP contribution < -0.4 is 15.0 Å². The van der Waals surface area contributed by atoms with Gasteiger partial charge in [0.15, 0.2) is 29.8 Å². The molecule has 0 aromatic carbocycles. The number of aromatic nitrogens is 2. The summed E-state index contributed by atoms with van der Waals surface area (Å²) in [6.07, 6.45) is 3.58. The molecule has 0 spiro atoms. The van der Waals surface area contributed by atoms with Crippen LogP contribution in [0.25, 0.3) is 0 Å². The number of thioether (sulfide) groups is 1. The fraction of sp³-hybridized carbons (Fsp3) is 0.263. The second-order valence-electron chi connectivity index (χ2n) is 7.48. The van der Waals surface area contributed by atoms with E-state index in [0.717, 1.165) is 16.2 Å². The molecule has 2 aliphatic rings. The standard InChI is InChI=1S/C19H19N6O8PS2/c1-33-22-12(11-9-36-19(20-11)23-34(30,31)32)15(26)21-13-16(27)25-14(18(28)29)10(8-35-17(13)25)7-24-5-3-2-4-6-24/h2-6,9,13,17H,7-8H2,1H3,(H4-,20,21,23,26,28,29,30,31,32)/p+1/t13?,17-/m1/s1. The maximum absolute atomic E-state index is 12.9. The lowest BCUT2D eigenvalue weighted by Crippen LogP contribution is -2.71. The van der Waals surface area contributed by atoms with Gasteiger partial charge in [0.2, 0.25) is 0 Å². The van der Waals surface area contributed by atoms with Crippen molar-refractivity contribution in [1.29, 1.82) is 0 Å². The Bertz CT molecular complexity index is 1310. The molecule has 0 saturated carbocycles. The van der Waals surface area contributed by atoms with E-state index in [1.807, 2.05) is 23.3 Å². The molecular weight excluding hydrogens is 535 g/mol. The summed E-state index contributed by atoms with van der Waals surface area (Å²) in [5.74, 6) is -2.31. The van der Waals surface area contributed by atoms with Gasteiger partial charge in [-0.1, -0.05) is 11.2 Å². The largest absolute Gasteiger partial charge is 0.477 e. The van der Waals surface area contributed by atoms with Crippen LogP contribution in [0.5, 0.6) is 0 Å². The van der Waals surface area contributed by atoms with Crippen LogP contribution in [0.2, 0.25) is 0 Å². The van der Waals surface area contributed by atoms with Gasteiger partial charge in [0.1, 0.15) is 29.9 Å². The number of carbonyl (C=O) groups excluding carboxylic acids is 2. The zero-order valence-electron chi connectivity index (χ0n) is 18.5. The molecule has 5 N–H and O–H groups in total. The first-order chi connectivity index (χ1) is 17.1. The maximum atomic E-state index is 12.9. The van der Waals surface area contributed by atoms with Crippen molar-refractivity contribution in [3.05, 3.63) is 52.9 Å². The number of carbonyl (C=O) groups is 3. The Hall–Kier alpha value is -3.30. The predicted molar refractivity (Wildman–Crippen MR) is 128 cm³/mol. The highest BCUT2D eigenvalue weighted by Crippen LogP contribution is 2.40. The molecule has 1 fully saturated rings. The van der Waals surface area contributed by atoms with E-state index < -0.39 is 36.9 Å². The number of fused-ring (bicyclic) bond motifs is 1. The third kappa shape index (κ3) is 5.42. The van der Waals surface area contributed by atoms with E-state index in [4.69, 9.17) is 14.6 Å². The van der Waals surface area contributed by atoms with Crippen molar-refractivity contribution in [3.63, 3.8) is 0 Å². The lowest BCUT2D eigenvalue weighted by atomic mass is 10.0. The van der Waals surface area contributed by atoms with E-state index in [0.29, 0.717) is 17.9 Å². The summed E-state index contributed by atoms with van der Waals surface area (Å²) in [6, 6.07) is 4.44. The summed E-state index contributed by atoms with van der Waals surface area (Å²) in [5.41, 5.74) is 0.0922. The third-order valence-electron chi connectivity index (χ3n) is 5.07. The van der Waals surface area contributed by atoms with Gasteiger partial charge in [-0.2, -0.15) is 0 Å². The number of anilines is 1. The Labute approximate surface area is 211 Å². The maximum Gasteiger partial charge on any atom is 0.429 e. The lowest BCUT2D eigenvalue weighted by Gasteiger charge is -2.49. The minimum atomic E-state index is -4.61. The number of amides is 2. The number of aliphatic carboxylic acids is 1. The Morgan fingerprint density at radius 1 is 1.33 bits per heavy atom. The number of carboxylic acids is 1. The normalized spacial score (nSPS) is 19.9. The van der Waals surface area contributed by atoms with E-state index in [-0.39, 0.29) is 22.2 Å². The summed E-state index contributed by atoms with van der Waals surface area (Å²) in [5, 5.41) is 18.4. The number of thiazole rings is 1. The van der Waals surface area contributed by atoms with Crippen molar-refractivity contribution in [1.82, 2.24) is 15.2 Å². The van der Waals surface area contributed by atoms with Crippen LogP contribution in [0.4, 0.5) is 5.13 Å². The van der Waals surface area contributed by atoms with Gasteiger partial charge >= 0.3 is 13.7 Å². The van der Waals surface area contributed by atoms with Crippen LogP contribution in [-0.4, -0.2) is 72.6 Å². The topological polar surface area (TPSA) is 195 Å². The predicted octanol–water partition coefficient (Wildman–Crippen LogP) is -0.275. The van der Waals surface area contributed by atoms with Gasteiger partial charge in [0.05, 0.1) is 0 Å². The first kappa shape index (κ1) is 25.8. The number of oxime groups is 1. The summed E-state index contributed by atoms with van der Waals surface area (Å²) >= 11 is 2.15. The summed E-state index contributed by atoms with van der Waals surface area (Å²) in [7, 11) is -3.42. The molecule has 1 saturated heterocycles. The zero-order chi connectivity index (χ0) is 26.0. The SMILES string of the molecule is CON=C(C(=O)NC1C(=O)N2C(C(=O)O)=C(C[n+]3ccccc3)CS[C@H]12)c1csc(NP(=O)(O)O)n1. The molecular formula is C19H20N6O8PS2+. The molecule has 36 heavy (non-hydrogen) atoms. The number of hydrogen-bond donors (Lipinski definition) is 5. The fourth-order valence-electron chi connectivity index (χ4n) is 3.63. The Morgan fingerprint density at radius 2 is 2.06 bits per heavy atom.